The number of benzene rings is 10. The van der Waals surface area contributed by atoms with Crippen molar-refractivity contribution in [1.29, 1.82) is 0 Å². The van der Waals surface area contributed by atoms with Gasteiger partial charge >= 0.3 is 0 Å². The minimum absolute atomic E-state index is 0.0829. The molecule has 0 aliphatic heterocycles. The summed E-state index contributed by atoms with van der Waals surface area (Å²) in [4.78, 5) is 0. The van der Waals surface area contributed by atoms with Crippen LogP contribution in [0.2, 0.25) is 0 Å². The Hall–Kier alpha value is -7.93. The Morgan fingerprint density at radius 3 is 0.691 bits per heavy atom. The Bertz CT molecular complexity index is 2930. The summed E-state index contributed by atoms with van der Waals surface area (Å²) in [5.41, 5.74) is 25.3. The molecule has 2 heteroatoms. The van der Waals surface area contributed by atoms with Gasteiger partial charge in [0.05, 0.1) is 0 Å². The Morgan fingerprint density at radius 2 is 0.471 bits per heavy atom. The number of rotatable bonds is 12. The topological polar surface area (TPSA) is 0 Å². The molecule has 0 amide bonds. The molecule has 10 aromatic rings. The fourth-order valence-electron chi connectivity index (χ4n) is 10.1. The minimum atomic E-state index is 0.0829. The highest BCUT2D eigenvalue weighted by Gasteiger charge is 2.27. The summed E-state index contributed by atoms with van der Waals surface area (Å²) in [5.74, 6) is 0. The summed E-state index contributed by atoms with van der Waals surface area (Å²) in [6.45, 7) is 9.22. The molecule has 0 bridgehead atoms. The molecule has 0 atom stereocenters. The minimum Gasteiger partial charge on any atom is -0.0686 e. The molecule has 0 aliphatic carbocycles. The summed E-state index contributed by atoms with van der Waals surface area (Å²) in [5, 5.41) is 0. The van der Waals surface area contributed by atoms with Crippen molar-refractivity contribution in [2.75, 3.05) is 0 Å². The first kappa shape index (κ1) is 43.9. The molecule has 0 N–H and O–H groups in total. The lowest BCUT2D eigenvalue weighted by molar-refractivity contribution is 1.48. The first-order chi connectivity index (χ1) is 33.4. The largest absolute Gasteiger partial charge is 0.241 e. The van der Waals surface area contributed by atoms with Gasteiger partial charge in [0.2, 0.25) is 13.4 Å². The van der Waals surface area contributed by atoms with Crippen molar-refractivity contribution < 1.29 is 0 Å². The van der Waals surface area contributed by atoms with E-state index in [1.54, 1.807) is 0 Å². The van der Waals surface area contributed by atoms with E-state index in [4.69, 9.17) is 0 Å². The maximum atomic E-state index is 2.35. The van der Waals surface area contributed by atoms with Crippen molar-refractivity contribution in [3.63, 3.8) is 0 Å². The van der Waals surface area contributed by atoms with Crippen LogP contribution < -0.4 is 32.8 Å². The summed E-state index contributed by atoms with van der Waals surface area (Å²) in [7, 11) is 0. The van der Waals surface area contributed by atoms with Gasteiger partial charge in [-0.3, -0.25) is 0 Å². The molecule has 0 spiro atoms. The van der Waals surface area contributed by atoms with E-state index < -0.39 is 0 Å². The fraction of sp³-hybridized carbons (Fsp3) is 0.0606. The molecule has 0 radical (unpaired) electrons. The molecule has 10 aromatic carbocycles. The lowest BCUT2D eigenvalue weighted by Crippen LogP contribution is -2.53. The van der Waals surface area contributed by atoms with E-state index >= 15 is 0 Å². The van der Waals surface area contributed by atoms with Gasteiger partial charge in [-0.1, -0.05) is 310 Å². The Labute approximate surface area is 404 Å². The third-order valence-corrected chi connectivity index (χ3v) is 13.8. The lowest BCUT2D eigenvalue weighted by Gasteiger charge is -2.21. The van der Waals surface area contributed by atoms with Gasteiger partial charge in [0.15, 0.2) is 0 Å². The molecule has 0 fully saturated rings. The van der Waals surface area contributed by atoms with Crippen molar-refractivity contribution >= 4 is 58.4 Å². The second-order valence-corrected chi connectivity index (χ2v) is 18.3. The maximum absolute atomic E-state index is 2.35. The Kier molecular flexibility index (Phi) is 12.9. The number of hydrogen-bond donors (Lipinski definition) is 0. The van der Waals surface area contributed by atoms with Crippen LogP contribution in [0.25, 0.3) is 56.7 Å². The summed E-state index contributed by atoms with van der Waals surface area (Å²) in [6.07, 6.45) is 4.48. The van der Waals surface area contributed by atoms with Gasteiger partial charge in [0.1, 0.15) is 0 Å². The maximum Gasteiger partial charge on any atom is 0.241 e. The quantitative estimate of drug-likeness (QED) is 0.0848. The van der Waals surface area contributed by atoms with Crippen LogP contribution in [-0.4, -0.2) is 13.4 Å². The van der Waals surface area contributed by atoms with Crippen molar-refractivity contribution in [2.45, 2.75) is 27.7 Å². The van der Waals surface area contributed by atoms with E-state index in [-0.39, 0.29) is 13.4 Å². The molecule has 0 saturated carbocycles. The van der Waals surface area contributed by atoms with Crippen molar-refractivity contribution in [3.05, 3.63) is 276 Å². The van der Waals surface area contributed by atoms with E-state index in [9.17, 15) is 0 Å². The summed E-state index contributed by atoms with van der Waals surface area (Å²) in [6, 6.07) is 89.0. The van der Waals surface area contributed by atoms with Crippen LogP contribution in [0.1, 0.15) is 33.4 Å². The molecule has 68 heavy (non-hydrogen) atoms. The van der Waals surface area contributed by atoms with Gasteiger partial charge in [-0.2, -0.15) is 0 Å². The highest BCUT2D eigenvalue weighted by Crippen LogP contribution is 2.24. The molecule has 0 unspecified atom stereocenters. The fourth-order valence-corrected chi connectivity index (χ4v) is 10.1. The van der Waals surface area contributed by atoms with Crippen LogP contribution in [-0.2, 0) is 0 Å². The molecular formula is C66H54B2. The summed E-state index contributed by atoms with van der Waals surface area (Å²) < 4.78 is 0. The van der Waals surface area contributed by atoms with Gasteiger partial charge in [-0.25, -0.2) is 0 Å². The van der Waals surface area contributed by atoms with E-state index in [1.165, 1.54) is 111 Å². The molecular weight excluding hydrogens is 814 g/mol. The molecule has 10 rings (SSSR count). The smallest absolute Gasteiger partial charge is 0.0686 e. The molecule has 0 saturated heterocycles. The van der Waals surface area contributed by atoms with E-state index in [2.05, 4.69) is 283 Å². The van der Waals surface area contributed by atoms with Crippen LogP contribution in [0.4, 0.5) is 0 Å². The summed E-state index contributed by atoms with van der Waals surface area (Å²) >= 11 is 0. The zero-order chi connectivity index (χ0) is 46.4. The highest BCUT2D eigenvalue weighted by molar-refractivity contribution is 6.96. The van der Waals surface area contributed by atoms with Crippen molar-refractivity contribution in [2.24, 2.45) is 0 Å². The SMILES string of the molecule is Cc1cc(-c2ccccc2)ccc1B(c1ccc(C=Cc2ccc(B(c3ccc(-c4ccccc4)cc3C)c3ccc(-c4ccccc4)cc3C)cc2)cc1)c1ccc(-c2ccccc2)cc1C. The van der Waals surface area contributed by atoms with Crippen molar-refractivity contribution in [1.82, 2.24) is 0 Å². The van der Waals surface area contributed by atoms with Gasteiger partial charge in [0.25, 0.3) is 0 Å². The van der Waals surface area contributed by atoms with Crippen LogP contribution in [0.5, 0.6) is 0 Å². The second kappa shape index (κ2) is 19.9. The van der Waals surface area contributed by atoms with Crippen LogP contribution in [0.3, 0.4) is 0 Å². The molecule has 324 valence electrons. The standard InChI is InChI=1S/C66H54B2/c1-47-43-57(53-17-9-5-10-18-53)31-39-63(47)67(64-40-32-58(44-48(64)2)54-19-11-6-12-20-54)61-35-27-51(28-36-61)25-26-52-29-37-62(38-30-52)68(65-41-33-59(45-49(65)3)55-21-13-7-14-22-55)66-42-34-60(46-50(66)4)56-23-15-8-16-24-56/h5-46H,1-4H3. The zero-order valence-electron chi connectivity index (χ0n) is 39.4. The predicted molar refractivity (Wildman–Crippen MR) is 298 cm³/mol. The first-order valence-corrected chi connectivity index (χ1v) is 23.9. The van der Waals surface area contributed by atoms with Crippen molar-refractivity contribution in [3.8, 4) is 44.5 Å². The van der Waals surface area contributed by atoms with Crippen LogP contribution >= 0.6 is 0 Å². The third kappa shape index (κ3) is 9.50. The Morgan fingerprint density at radius 1 is 0.235 bits per heavy atom. The number of aryl methyl sites for hydroxylation is 4. The van der Waals surface area contributed by atoms with E-state index in [1.807, 2.05) is 0 Å². The van der Waals surface area contributed by atoms with Gasteiger partial charge in [-0.15, -0.1) is 0 Å². The lowest BCUT2D eigenvalue weighted by atomic mass is 9.35. The normalized spacial score (nSPS) is 11.2. The Balaban J connectivity index is 0.950. The van der Waals surface area contributed by atoms with E-state index in [0.717, 1.165) is 0 Å². The molecule has 0 heterocycles. The van der Waals surface area contributed by atoms with Gasteiger partial charge < -0.3 is 0 Å². The van der Waals surface area contributed by atoms with Crippen LogP contribution in [0.15, 0.2) is 243 Å². The predicted octanol–water partition coefficient (Wildman–Crippen LogP) is 12.8. The zero-order valence-corrected chi connectivity index (χ0v) is 39.4. The van der Waals surface area contributed by atoms with Gasteiger partial charge in [-0.05, 0) is 83.3 Å². The van der Waals surface area contributed by atoms with Crippen LogP contribution in [0, 0.1) is 27.7 Å². The monoisotopic (exact) mass is 868 g/mol. The number of hydrogen-bond acceptors (Lipinski definition) is 0. The average molecular weight is 869 g/mol. The highest BCUT2D eigenvalue weighted by atomic mass is 14.1. The average Bonchev–Trinajstić information content (AvgIpc) is 3.39. The molecule has 0 aromatic heterocycles. The first-order valence-electron chi connectivity index (χ1n) is 23.9. The second-order valence-electron chi connectivity index (χ2n) is 18.3. The van der Waals surface area contributed by atoms with E-state index in [0.29, 0.717) is 0 Å². The molecule has 0 aliphatic rings. The van der Waals surface area contributed by atoms with Gasteiger partial charge in [0, 0.05) is 0 Å². The molecule has 0 nitrogen and oxygen atoms in total. The third-order valence-electron chi connectivity index (χ3n) is 13.8.